The van der Waals surface area contributed by atoms with Gasteiger partial charge in [0, 0.05) is 34.3 Å². The van der Waals surface area contributed by atoms with Crippen LogP contribution in [0, 0.1) is 10.1 Å². The highest BCUT2D eigenvalue weighted by Gasteiger charge is 2.32. The summed E-state index contributed by atoms with van der Waals surface area (Å²) in [6, 6.07) is 13.0. The van der Waals surface area contributed by atoms with E-state index in [1.165, 1.54) is 18.3 Å². The van der Waals surface area contributed by atoms with Crippen molar-refractivity contribution in [2.75, 3.05) is 5.32 Å². The summed E-state index contributed by atoms with van der Waals surface area (Å²) in [5.74, 6) is -0.619. The summed E-state index contributed by atoms with van der Waals surface area (Å²) >= 11 is 4.42. The molecule has 1 unspecified atom stereocenters. The molecule has 9 nitrogen and oxygen atoms in total. The van der Waals surface area contributed by atoms with E-state index in [9.17, 15) is 19.7 Å². The van der Waals surface area contributed by atoms with Gasteiger partial charge in [-0.2, -0.15) is 5.10 Å². The van der Waals surface area contributed by atoms with Gasteiger partial charge in [-0.05, 0) is 24.3 Å². The molecule has 1 saturated heterocycles. The lowest BCUT2D eigenvalue weighted by Gasteiger charge is -2.07. The van der Waals surface area contributed by atoms with Crippen molar-refractivity contribution in [2.45, 2.75) is 11.7 Å². The number of hydrogen-bond donors (Lipinski definition) is 2. The molecule has 2 amide bonds. The van der Waals surface area contributed by atoms with E-state index in [0.717, 1.165) is 16.2 Å². The lowest BCUT2D eigenvalue weighted by atomic mass is 10.2. The van der Waals surface area contributed by atoms with Crippen LogP contribution >= 0.6 is 27.7 Å². The van der Waals surface area contributed by atoms with Crippen LogP contribution in [0.15, 0.2) is 63.2 Å². The molecule has 1 aliphatic heterocycles. The number of nitrogens with zero attached hydrogens (tertiary/aromatic N) is 3. The monoisotopic (exact) mass is 475 g/mol. The molecule has 0 aliphatic carbocycles. The average molecular weight is 476 g/mol. The normalized spacial score (nSPS) is 17.5. The van der Waals surface area contributed by atoms with Crippen molar-refractivity contribution in [3.05, 3.63) is 68.7 Å². The number of thioether (sulfide) groups is 1. The number of non-ortho nitro benzene ring substituents is 1. The third-order valence-electron chi connectivity index (χ3n) is 3.71. The van der Waals surface area contributed by atoms with Gasteiger partial charge >= 0.3 is 0 Å². The third kappa shape index (κ3) is 5.96. The number of nitro benzene ring substituents is 1. The molecule has 0 bridgehead atoms. The van der Waals surface area contributed by atoms with Crippen LogP contribution in [-0.2, 0) is 9.59 Å². The third-order valence-corrected chi connectivity index (χ3v) is 5.31. The van der Waals surface area contributed by atoms with E-state index in [2.05, 4.69) is 36.8 Å². The number of hydrogen-bond acceptors (Lipinski definition) is 7. The van der Waals surface area contributed by atoms with Crippen LogP contribution in [0.4, 0.5) is 11.4 Å². The second-order valence-corrected chi connectivity index (χ2v) is 7.96. The Morgan fingerprint density at radius 3 is 2.79 bits per heavy atom. The van der Waals surface area contributed by atoms with E-state index in [4.69, 9.17) is 0 Å². The maximum atomic E-state index is 12.2. The van der Waals surface area contributed by atoms with E-state index in [-0.39, 0.29) is 29.1 Å². The molecule has 2 N–H and O–H groups in total. The quantitative estimate of drug-likeness (QED) is 0.376. The fourth-order valence-electron chi connectivity index (χ4n) is 2.37. The lowest BCUT2D eigenvalue weighted by molar-refractivity contribution is -0.384. The van der Waals surface area contributed by atoms with Gasteiger partial charge in [0.05, 0.1) is 11.1 Å². The van der Waals surface area contributed by atoms with Gasteiger partial charge in [0.15, 0.2) is 5.17 Å². The molecule has 29 heavy (non-hydrogen) atoms. The molecule has 1 atom stereocenters. The van der Waals surface area contributed by atoms with Gasteiger partial charge in [-0.15, -0.1) is 5.10 Å². The van der Waals surface area contributed by atoms with Crippen LogP contribution in [0.1, 0.15) is 12.0 Å². The maximum absolute atomic E-state index is 12.2. The molecule has 0 radical (unpaired) electrons. The van der Waals surface area contributed by atoms with Crippen molar-refractivity contribution in [3.8, 4) is 0 Å². The molecule has 1 fully saturated rings. The second-order valence-electron chi connectivity index (χ2n) is 5.86. The molecule has 2 aromatic rings. The topological polar surface area (TPSA) is 126 Å². The van der Waals surface area contributed by atoms with Crippen LogP contribution in [0.5, 0.6) is 0 Å². The summed E-state index contributed by atoms with van der Waals surface area (Å²) in [6.45, 7) is 0. The van der Waals surface area contributed by atoms with Crippen molar-refractivity contribution >= 4 is 62.3 Å². The number of amidine groups is 1. The van der Waals surface area contributed by atoms with Crippen LogP contribution in [0.25, 0.3) is 0 Å². The highest BCUT2D eigenvalue weighted by atomic mass is 79.9. The summed E-state index contributed by atoms with van der Waals surface area (Å²) in [6.07, 6.45) is 1.33. The first kappa shape index (κ1) is 20.7. The lowest BCUT2D eigenvalue weighted by Crippen LogP contribution is -2.28. The highest BCUT2D eigenvalue weighted by Crippen LogP contribution is 2.23. The van der Waals surface area contributed by atoms with Gasteiger partial charge in [-0.1, -0.05) is 39.8 Å². The van der Waals surface area contributed by atoms with Crippen molar-refractivity contribution < 1.29 is 14.5 Å². The number of carbonyl (C=O) groups is 2. The first-order valence-corrected chi connectivity index (χ1v) is 9.96. The number of nitrogens with one attached hydrogen (secondary N) is 2. The van der Waals surface area contributed by atoms with E-state index in [0.29, 0.717) is 11.3 Å². The molecule has 2 aromatic carbocycles. The molecule has 11 heteroatoms. The number of carbonyl (C=O) groups excluding carboxylic acids is 2. The predicted molar refractivity (Wildman–Crippen MR) is 115 cm³/mol. The second kappa shape index (κ2) is 9.43. The summed E-state index contributed by atoms with van der Waals surface area (Å²) in [4.78, 5) is 34.5. The van der Waals surface area contributed by atoms with Gasteiger partial charge < -0.3 is 10.6 Å². The van der Waals surface area contributed by atoms with Crippen molar-refractivity contribution in [1.29, 1.82) is 0 Å². The standard InChI is InChI=1S/C18H14BrN5O4S/c19-12-4-6-13(7-5-12)21-16(25)9-15-17(26)22-18(29-15)23-20-10-11-2-1-3-14(8-11)24(27)28/h1-8,10,15H,9H2,(H,21,25)(H,22,23,26)/b20-10+. The first-order chi connectivity index (χ1) is 13.9. The van der Waals surface area contributed by atoms with Crippen molar-refractivity contribution in [2.24, 2.45) is 10.2 Å². The van der Waals surface area contributed by atoms with E-state index >= 15 is 0 Å². The largest absolute Gasteiger partial charge is 0.326 e. The molecular formula is C18H14BrN5O4S. The first-order valence-electron chi connectivity index (χ1n) is 8.29. The number of rotatable bonds is 6. The Morgan fingerprint density at radius 2 is 2.07 bits per heavy atom. The molecule has 0 saturated carbocycles. The molecule has 1 heterocycles. The summed E-state index contributed by atoms with van der Waals surface area (Å²) in [5.41, 5.74) is 1.09. The fraction of sp³-hybridized carbons (Fsp3) is 0.111. The summed E-state index contributed by atoms with van der Waals surface area (Å²) in [7, 11) is 0. The molecule has 0 aromatic heterocycles. The molecule has 148 valence electrons. The molecular weight excluding hydrogens is 462 g/mol. The zero-order chi connectivity index (χ0) is 20.8. The van der Waals surface area contributed by atoms with Crippen LogP contribution in [-0.4, -0.2) is 33.4 Å². The SMILES string of the molecule is O=C(CC1S/C(=N/N=C/c2cccc([N+](=O)[O-])c2)NC1=O)Nc1ccc(Br)cc1. The Kier molecular flexibility index (Phi) is 6.73. The number of nitro groups is 1. The van der Waals surface area contributed by atoms with Gasteiger partial charge in [0.2, 0.25) is 11.8 Å². The highest BCUT2D eigenvalue weighted by molar-refractivity contribution is 9.10. The number of halogens is 1. The van der Waals surface area contributed by atoms with Crippen molar-refractivity contribution in [1.82, 2.24) is 5.32 Å². The van der Waals surface area contributed by atoms with E-state index < -0.39 is 10.2 Å². The van der Waals surface area contributed by atoms with Gasteiger partial charge in [-0.3, -0.25) is 19.7 Å². The minimum absolute atomic E-state index is 0.0137. The zero-order valence-corrected chi connectivity index (χ0v) is 17.1. The average Bonchev–Trinajstić information content (AvgIpc) is 3.03. The summed E-state index contributed by atoms with van der Waals surface area (Å²) in [5, 5.41) is 23.5. The molecule has 3 rings (SSSR count). The zero-order valence-electron chi connectivity index (χ0n) is 14.7. The van der Waals surface area contributed by atoms with Crippen LogP contribution in [0.3, 0.4) is 0 Å². The smallest absolute Gasteiger partial charge is 0.270 e. The number of anilines is 1. The van der Waals surface area contributed by atoms with Gasteiger partial charge in [0.25, 0.3) is 5.69 Å². The minimum atomic E-state index is -0.614. The fourth-order valence-corrected chi connectivity index (χ4v) is 3.56. The van der Waals surface area contributed by atoms with Gasteiger partial charge in [-0.25, -0.2) is 0 Å². The predicted octanol–water partition coefficient (Wildman–Crippen LogP) is 3.31. The molecule has 0 spiro atoms. The van der Waals surface area contributed by atoms with Gasteiger partial charge in [0.1, 0.15) is 5.25 Å². The van der Waals surface area contributed by atoms with E-state index in [1.807, 2.05) is 0 Å². The Morgan fingerprint density at radius 1 is 1.31 bits per heavy atom. The van der Waals surface area contributed by atoms with Crippen molar-refractivity contribution in [3.63, 3.8) is 0 Å². The minimum Gasteiger partial charge on any atom is -0.326 e. The maximum Gasteiger partial charge on any atom is 0.270 e. The number of benzene rings is 2. The van der Waals surface area contributed by atoms with E-state index in [1.54, 1.807) is 36.4 Å². The Hall–Kier alpha value is -3.05. The van der Waals surface area contributed by atoms with Crippen LogP contribution < -0.4 is 10.6 Å². The molecule has 1 aliphatic rings. The van der Waals surface area contributed by atoms with Crippen LogP contribution in [0.2, 0.25) is 0 Å². The number of amides is 2. The Bertz CT molecular complexity index is 1010. The summed E-state index contributed by atoms with van der Waals surface area (Å²) < 4.78 is 0.896. The Labute approximate surface area is 177 Å². The Balaban J connectivity index is 1.56.